The van der Waals surface area contributed by atoms with Crippen LogP contribution in [0.1, 0.15) is 93.9 Å². The summed E-state index contributed by atoms with van der Waals surface area (Å²) in [6.45, 7) is 15.5. The van der Waals surface area contributed by atoms with Crippen molar-refractivity contribution in [2.45, 2.75) is 207 Å². The van der Waals surface area contributed by atoms with Gasteiger partial charge in [0.15, 0.2) is 18.4 Å². The van der Waals surface area contributed by atoms with E-state index >= 15 is 0 Å². The molecule has 16 heteroatoms. The Morgan fingerprint density at radius 3 is 2.26 bits per heavy atom. The molecule has 1 aromatic carbocycles. The molecule has 70 heavy (non-hydrogen) atoms. The monoisotopic (exact) mass is 999 g/mol. The number of methoxy groups -OCH3 is 2. The number of thioether (sulfide) groups is 1. The first-order valence-corrected chi connectivity index (χ1v) is 26.3. The molecule has 2 unspecified atom stereocenters. The van der Waals surface area contributed by atoms with Gasteiger partial charge in [-0.05, 0) is 69.4 Å². The van der Waals surface area contributed by atoms with Gasteiger partial charge in [0.25, 0.3) is 0 Å². The number of benzene rings is 1. The van der Waals surface area contributed by atoms with E-state index in [-0.39, 0.29) is 36.9 Å². The summed E-state index contributed by atoms with van der Waals surface area (Å²) in [6, 6.07) is 9.53. The molecule has 7 aliphatic rings. The molecule has 390 valence electrons. The minimum Gasteiger partial charge on any atom is -0.462 e. The zero-order chi connectivity index (χ0) is 50.3. The highest BCUT2D eigenvalue weighted by atomic mass is 32.2. The van der Waals surface area contributed by atoms with E-state index in [1.165, 1.54) is 17.8 Å². The average molecular weight is 999 g/mol. The molecule has 22 atom stereocenters. The van der Waals surface area contributed by atoms with E-state index in [2.05, 4.69) is 32.9 Å². The maximum absolute atomic E-state index is 14.9. The highest BCUT2D eigenvalue weighted by Gasteiger charge is 2.71. The van der Waals surface area contributed by atoms with Gasteiger partial charge in [0.1, 0.15) is 47.6 Å². The van der Waals surface area contributed by atoms with Gasteiger partial charge in [-0.3, -0.25) is 4.79 Å². The van der Waals surface area contributed by atoms with Gasteiger partial charge in [0.2, 0.25) is 0 Å². The smallest absolute Gasteiger partial charge is 0.316 e. The first kappa shape index (κ1) is 53.8. The van der Waals surface area contributed by atoms with Crippen LogP contribution in [0.2, 0.25) is 0 Å². The van der Waals surface area contributed by atoms with Gasteiger partial charge in [-0.2, -0.15) is 0 Å². The number of ether oxygens (including phenoxy) is 10. The number of rotatable bonds is 10. The largest absolute Gasteiger partial charge is 0.462 e. The highest BCUT2D eigenvalue weighted by Crippen LogP contribution is 2.53. The Morgan fingerprint density at radius 1 is 0.843 bits per heavy atom. The van der Waals surface area contributed by atoms with Crippen molar-refractivity contribution < 1.29 is 72.6 Å². The predicted octanol–water partition coefficient (Wildman–Crippen LogP) is 6.34. The second-order valence-corrected chi connectivity index (χ2v) is 22.3. The second kappa shape index (κ2) is 22.1. The molecule has 2 bridgehead atoms. The number of esters is 1. The van der Waals surface area contributed by atoms with Crippen molar-refractivity contribution in [2.75, 3.05) is 20.8 Å². The van der Waals surface area contributed by atoms with Crippen molar-refractivity contribution in [3.05, 3.63) is 77.9 Å². The van der Waals surface area contributed by atoms with E-state index in [0.29, 0.717) is 31.3 Å². The molecule has 4 N–H and O–H groups in total. The van der Waals surface area contributed by atoms with Gasteiger partial charge < -0.3 is 67.8 Å². The molecule has 6 heterocycles. The second-order valence-electron chi connectivity index (χ2n) is 21.0. The first-order valence-electron chi connectivity index (χ1n) is 25.4. The van der Waals surface area contributed by atoms with Gasteiger partial charge in [0.05, 0.1) is 54.6 Å². The number of hydrogen-bond donors (Lipinski definition) is 4. The van der Waals surface area contributed by atoms with E-state index in [9.17, 15) is 25.2 Å². The van der Waals surface area contributed by atoms with Gasteiger partial charge in [-0.25, -0.2) is 0 Å². The Balaban J connectivity index is 1.16. The van der Waals surface area contributed by atoms with E-state index in [0.717, 1.165) is 16.9 Å². The Hall–Kier alpha value is -2.52. The van der Waals surface area contributed by atoms with Crippen molar-refractivity contribution >= 4 is 17.7 Å². The first-order chi connectivity index (χ1) is 33.3. The summed E-state index contributed by atoms with van der Waals surface area (Å²) in [5.74, 6) is -3.32. The zero-order valence-electron chi connectivity index (χ0n) is 42.5. The van der Waals surface area contributed by atoms with Crippen LogP contribution in [0.15, 0.2) is 82.8 Å². The summed E-state index contributed by atoms with van der Waals surface area (Å²) in [6.07, 6.45) is 5.07. The van der Waals surface area contributed by atoms with Crippen LogP contribution in [0, 0.1) is 23.7 Å². The van der Waals surface area contributed by atoms with Crippen LogP contribution in [0.4, 0.5) is 0 Å². The lowest BCUT2D eigenvalue weighted by atomic mass is 9.65. The molecule has 15 nitrogen and oxygen atoms in total. The van der Waals surface area contributed by atoms with Crippen LogP contribution >= 0.6 is 11.8 Å². The average Bonchev–Trinajstić information content (AvgIpc) is 3.62. The molecule has 4 fully saturated rings. The van der Waals surface area contributed by atoms with Crippen LogP contribution in [-0.2, 0) is 52.2 Å². The van der Waals surface area contributed by atoms with Crippen LogP contribution < -0.4 is 0 Å². The van der Waals surface area contributed by atoms with E-state index in [1.807, 2.05) is 69.3 Å². The van der Waals surface area contributed by atoms with Crippen LogP contribution in [-0.4, -0.2) is 155 Å². The summed E-state index contributed by atoms with van der Waals surface area (Å²) < 4.78 is 64.5. The molecule has 0 amide bonds. The number of carbonyl (C=O) groups excluding carboxylic acids is 1. The fourth-order valence-electron chi connectivity index (χ4n) is 11.7. The molecular formula is C54H78O15S. The summed E-state index contributed by atoms with van der Waals surface area (Å²) in [7, 11) is 3.20. The summed E-state index contributed by atoms with van der Waals surface area (Å²) in [5, 5.41) is 47.7. The van der Waals surface area contributed by atoms with E-state index in [1.54, 1.807) is 28.1 Å². The summed E-state index contributed by atoms with van der Waals surface area (Å²) in [4.78, 5) is 15.7. The fraction of sp³-hybridized carbons (Fsp3) is 0.722. The van der Waals surface area contributed by atoms with Crippen molar-refractivity contribution in [2.24, 2.45) is 23.7 Å². The minimum atomic E-state index is -2.32. The third-order valence-corrected chi connectivity index (χ3v) is 17.4. The zero-order valence-corrected chi connectivity index (χ0v) is 43.3. The van der Waals surface area contributed by atoms with Crippen molar-refractivity contribution in [3.63, 3.8) is 0 Å². The molecule has 6 aliphatic heterocycles. The number of aliphatic hydroxyl groups excluding tert-OH is 2. The van der Waals surface area contributed by atoms with Crippen molar-refractivity contribution in [1.82, 2.24) is 0 Å². The lowest BCUT2D eigenvalue weighted by Gasteiger charge is -2.50. The van der Waals surface area contributed by atoms with Crippen LogP contribution in [0.25, 0.3) is 0 Å². The fourth-order valence-corrected chi connectivity index (χ4v) is 13.0. The Labute approximate surface area is 418 Å². The number of hydrogen-bond acceptors (Lipinski definition) is 16. The molecule has 8 rings (SSSR count). The molecule has 0 radical (unpaired) electrons. The predicted molar refractivity (Wildman–Crippen MR) is 260 cm³/mol. The number of aliphatic hydroxyl groups is 4. The molecule has 1 spiro atoms. The minimum absolute atomic E-state index is 0.131. The van der Waals surface area contributed by atoms with E-state index in [4.69, 9.17) is 47.4 Å². The highest BCUT2D eigenvalue weighted by molar-refractivity contribution is 8.00. The van der Waals surface area contributed by atoms with Gasteiger partial charge in [-0.15, -0.1) is 11.8 Å². The Kier molecular flexibility index (Phi) is 17.0. The Morgan fingerprint density at radius 2 is 1.54 bits per heavy atom. The SMILES string of the molecule is CC[C@H](C)[C@H]1O[C@]2(C=C[C@@H]1C)C[C@@H]1C[C@@H](C/C=C(\C)[C@@H](O[C@@H]3C[C@@H](OC)[C@H](O[C@@H]4C[C@@H](OC)[C@H](O)[C@@H](C)O4)[C@@H](C)O3)[C@@H](C)/C=C/C(Sc3ccccc3)[C@]3(O)COC4[C@H](O)C(C)=C[C@@H](C(=O)O1)[C@@]43O)O2. The molecule has 1 aromatic rings. The standard InChI is InChI=1S/C54H78O15S/c1-11-29(2)48-32(5)21-22-52(69-48)27-37-24-36(68-52)19-17-30(3)47(66-44-26-41(61-10)49(35(8)64-44)67-43-25-40(60-9)46(56)34(7)63-43)31(4)18-20-42(70-38-15-13-12-14-16-38)53(58)28-62-50-45(55)33(6)23-39(51(57)65-37)54(50,53)59/h12-18,20-23,29,31-32,34-37,39-50,55-56,58-59H,11,19,24-28H2,1-10H3/b20-18+,30-17+/t29-,31-,32-,34+,35+,36+,37-,39-,40+,41+,42?,43+,44+,45+,46+,47+,48+,49+,50?,52+,53+,54+/m0/s1. The third kappa shape index (κ3) is 10.7. The van der Waals surface area contributed by atoms with Gasteiger partial charge >= 0.3 is 5.97 Å². The number of carbonyl (C=O) groups is 1. The maximum Gasteiger partial charge on any atom is 0.316 e. The van der Waals surface area contributed by atoms with Crippen LogP contribution in [0.5, 0.6) is 0 Å². The van der Waals surface area contributed by atoms with Gasteiger partial charge in [0, 0.05) is 56.6 Å². The quantitative estimate of drug-likeness (QED) is 0.150. The lowest BCUT2D eigenvalue weighted by molar-refractivity contribution is -0.318. The van der Waals surface area contributed by atoms with E-state index < -0.39 is 114 Å². The number of fused-ring (bicyclic) bond motifs is 2. The molecule has 0 aromatic heterocycles. The van der Waals surface area contributed by atoms with Crippen molar-refractivity contribution in [1.29, 1.82) is 0 Å². The van der Waals surface area contributed by atoms with Crippen molar-refractivity contribution in [3.8, 4) is 0 Å². The summed E-state index contributed by atoms with van der Waals surface area (Å²) >= 11 is 1.33. The third-order valence-electron chi connectivity index (χ3n) is 16.1. The lowest BCUT2D eigenvalue weighted by Crippen LogP contribution is -2.70. The van der Waals surface area contributed by atoms with Crippen LogP contribution in [0.3, 0.4) is 0 Å². The topological polar surface area (TPSA) is 190 Å². The molecule has 1 aliphatic carbocycles. The molecule has 0 saturated carbocycles. The Bertz CT molecular complexity index is 2070. The molecule has 4 saturated heterocycles. The maximum atomic E-state index is 14.9. The normalized spacial score (nSPS) is 47.4. The summed E-state index contributed by atoms with van der Waals surface area (Å²) in [5.41, 5.74) is -3.11. The molecular weight excluding hydrogens is 921 g/mol. The van der Waals surface area contributed by atoms with Gasteiger partial charge in [-0.1, -0.05) is 82.7 Å².